The molecule has 2 rings (SSSR count). The highest BCUT2D eigenvalue weighted by Gasteiger charge is 2.20. The van der Waals surface area contributed by atoms with Gasteiger partial charge in [-0.2, -0.15) is 0 Å². The maximum atomic E-state index is 12.3. The number of hydrogen-bond acceptors (Lipinski definition) is 4. The molecule has 0 spiro atoms. The zero-order valence-corrected chi connectivity index (χ0v) is 16.2. The van der Waals surface area contributed by atoms with E-state index in [1.54, 1.807) is 11.3 Å². The van der Waals surface area contributed by atoms with Gasteiger partial charge in [-0.1, -0.05) is 38.1 Å². The van der Waals surface area contributed by atoms with Crippen molar-refractivity contribution >= 4 is 23.0 Å². The van der Waals surface area contributed by atoms with Crippen LogP contribution in [0.15, 0.2) is 29.6 Å². The number of carbonyl (C=O) groups is 2. The molecule has 1 unspecified atom stereocenters. The maximum Gasteiger partial charge on any atom is 0.221 e. The van der Waals surface area contributed by atoms with Gasteiger partial charge in [0.1, 0.15) is 5.01 Å². The zero-order valence-electron chi connectivity index (χ0n) is 15.3. The van der Waals surface area contributed by atoms with Crippen molar-refractivity contribution in [2.75, 3.05) is 0 Å². The van der Waals surface area contributed by atoms with Crippen LogP contribution in [0.25, 0.3) is 0 Å². The number of aromatic nitrogens is 1. The van der Waals surface area contributed by atoms with Crippen LogP contribution >= 0.6 is 11.3 Å². The topological polar surface area (TPSA) is 59.1 Å². The maximum absolute atomic E-state index is 12.3. The van der Waals surface area contributed by atoms with E-state index in [1.165, 1.54) is 0 Å². The standard InChI is InChI=1S/C20H26N2O2S/c1-13(2)11-17(20-21-15(4)12-25-20)22-19(24)10-9-18(23)16-8-6-5-7-14(16)3/h5-8,12-13,17H,9-11H2,1-4H3,(H,22,24). The van der Waals surface area contributed by atoms with Crippen LogP contribution in [-0.4, -0.2) is 16.7 Å². The van der Waals surface area contributed by atoms with E-state index in [4.69, 9.17) is 0 Å². The fraction of sp³-hybridized carbons (Fsp3) is 0.450. The van der Waals surface area contributed by atoms with Crippen molar-refractivity contribution in [1.29, 1.82) is 0 Å². The molecule has 1 amide bonds. The molecule has 0 saturated carbocycles. The van der Waals surface area contributed by atoms with Gasteiger partial charge in [0, 0.05) is 29.5 Å². The lowest BCUT2D eigenvalue weighted by Gasteiger charge is -2.18. The highest BCUT2D eigenvalue weighted by atomic mass is 32.1. The molecule has 0 saturated heterocycles. The molecule has 1 atom stereocenters. The number of ketones is 1. The number of nitrogens with one attached hydrogen (secondary N) is 1. The van der Waals surface area contributed by atoms with Gasteiger partial charge >= 0.3 is 0 Å². The first-order valence-electron chi connectivity index (χ1n) is 8.67. The van der Waals surface area contributed by atoms with Gasteiger partial charge in [0.15, 0.2) is 5.78 Å². The Kier molecular flexibility index (Phi) is 6.88. The highest BCUT2D eigenvalue weighted by Crippen LogP contribution is 2.24. The molecule has 0 aliphatic rings. The molecule has 0 aliphatic carbocycles. The third-order valence-electron chi connectivity index (χ3n) is 4.00. The van der Waals surface area contributed by atoms with Crippen LogP contribution < -0.4 is 5.32 Å². The number of nitrogens with zero attached hydrogens (tertiary/aromatic N) is 1. The molecule has 2 aromatic rings. The molecule has 0 fully saturated rings. The van der Waals surface area contributed by atoms with Gasteiger partial charge in [0.25, 0.3) is 0 Å². The van der Waals surface area contributed by atoms with Crippen LogP contribution in [-0.2, 0) is 4.79 Å². The SMILES string of the molecule is Cc1csc(C(CC(C)C)NC(=O)CCC(=O)c2ccccc2C)n1. The fourth-order valence-electron chi connectivity index (χ4n) is 2.74. The molecule has 0 radical (unpaired) electrons. The molecular weight excluding hydrogens is 332 g/mol. The van der Waals surface area contributed by atoms with E-state index in [0.29, 0.717) is 11.5 Å². The van der Waals surface area contributed by atoms with E-state index in [0.717, 1.165) is 22.7 Å². The summed E-state index contributed by atoms with van der Waals surface area (Å²) in [7, 11) is 0. The first-order chi connectivity index (χ1) is 11.9. The van der Waals surface area contributed by atoms with Crippen molar-refractivity contribution in [3.05, 3.63) is 51.5 Å². The number of benzene rings is 1. The number of rotatable bonds is 8. The molecule has 134 valence electrons. The van der Waals surface area contributed by atoms with Crippen LogP contribution in [0.4, 0.5) is 0 Å². The Morgan fingerprint density at radius 1 is 1.16 bits per heavy atom. The molecule has 4 nitrogen and oxygen atoms in total. The lowest BCUT2D eigenvalue weighted by atomic mass is 10.0. The lowest BCUT2D eigenvalue weighted by Crippen LogP contribution is -2.29. The third-order valence-corrected chi connectivity index (χ3v) is 5.08. The Morgan fingerprint density at radius 2 is 1.88 bits per heavy atom. The lowest BCUT2D eigenvalue weighted by molar-refractivity contribution is -0.121. The van der Waals surface area contributed by atoms with Gasteiger partial charge in [-0.3, -0.25) is 9.59 Å². The van der Waals surface area contributed by atoms with E-state index in [1.807, 2.05) is 43.5 Å². The molecule has 1 N–H and O–H groups in total. The van der Waals surface area contributed by atoms with Crippen LogP contribution in [0, 0.1) is 19.8 Å². The second kappa shape index (κ2) is 8.90. The van der Waals surface area contributed by atoms with Crippen molar-refractivity contribution < 1.29 is 9.59 Å². The predicted octanol–water partition coefficient (Wildman–Crippen LogP) is 4.63. The van der Waals surface area contributed by atoms with E-state index >= 15 is 0 Å². The monoisotopic (exact) mass is 358 g/mol. The number of aryl methyl sites for hydroxylation is 2. The first-order valence-corrected chi connectivity index (χ1v) is 9.55. The average Bonchev–Trinajstić information content (AvgIpc) is 2.98. The molecule has 0 bridgehead atoms. The first kappa shape index (κ1) is 19.3. The normalized spacial score (nSPS) is 12.2. The van der Waals surface area contributed by atoms with Crippen molar-refractivity contribution in [2.45, 2.75) is 53.0 Å². The van der Waals surface area contributed by atoms with Gasteiger partial charge in [-0.05, 0) is 31.7 Å². The quantitative estimate of drug-likeness (QED) is 0.700. The minimum Gasteiger partial charge on any atom is -0.347 e. The minimum absolute atomic E-state index is 0.0127. The van der Waals surface area contributed by atoms with Crippen molar-refractivity contribution in [2.24, 2.45) is 5.92 Å². The Labute approximate surface area is 153 Å². The number of Topliss-reactive ketones (excluding diaryl/α,β-unsaturated/α-hetero) is 1. The van der Waals surface area contributed by atoms with Crippen LogP contribution in [0.1, 0.15) is 65.8 Å². The summed E-state index contributed by atoms with van der Waals surface area (Å²) >= 11 is 1.57. The molecule has 25 heavy (non-hydrogen) atoms. The predicted molar refractivity (Wildman–Crippen MR) is 102 cm³/mol. The summed E-state index contributed by atoms with van der Waals surface area (Å²) in [6.07, 6.45) is 1.26. The molecule has 0 aliphatic heterocycles. The summed E-state index contributed by atoms with van der Waals surface area (Å²) in [6, 6.07) is 7.40. The zero-order chi connectivity index (χ0) is 18.4. The second-order valence-corrected chi connectivity index (χ2v) is 7.70. The van der Waals surface area contributed by atoms with Crippen molar-refractivity contribution in [3.63, 3.8) is 0 Å². The number of amides is 1. The smallest absolute Gasteiger partial charge is 0.221 e. The Balaban J connectivity index is 1.95. The fourth-order valence-corrected chi connectivity index (χ4v) is 3.60. The molecule has 1 aromatic carbocycles. The van der Waals surface area contributed by atoms with Gasteiger partial charge in [-0.25, -0.2) is 4.98 Å². The van der Waals surface area contributed by atoms with Gasteiger partial charge in [-0.15, -0.1) is 11.3 Å². The number of hydrogen-bond donors (Lipinski definition) is 1. The number of carbonyl (C=O) groups excluding carboxylic acids is 2. The third kappa shape index (κ3) is 5.78. The van der Waals surface area contributed by atoms with Crippen LogP contribution in [0.5, 0.6) is 0 Å². The summed E-state index contributed by atoms with van der Waals surface area (Å²) in [4.78, 5) is 29.2. The summed E-state index contributed by atoms with van der Waals surface area (Å²) < 4.78 is 0. The van der Waals surface area contributed by atoms with Gasteiger partial charge in [0.2, 0.25) is 5.91 Å². The molecular formula is C20H26N2O2S. The Hall–Kier alpha value is -2.01. The largest absolute Gasteiger partial charge is 0.347 e. The average molecular weight is 359 g/mol. The van der Waals surface area contributed by atoms with Crippen molar-refractivity contribution in [3.8, 4) is 0 Å². The summed E-state index contributed by atoms with van der Waals surface area (Å²) in [5.41, 5.74) is 2.62. The van der Waals surface area contributed by atoms with Crippen LogP contribution in [0.2, 0.25) is 0 Å². The van der Waals surface area contributed by atoms with Crippen molar-refractivity contribution in [1.82, 2.24) is 10.3 Å². The molecule has 5 heteroatoms. The highest BCUT2D eigenvalue weighted by molar-refractivity contribution is 7.09. The minimum atomic E-state index is -0.0968. The Morgan fingerprint density at radius 3 is 2.48 bits per heavy atom. The van der Waals surface area contributed by atoms with Gasteiger partial charge in [0.05, 0.1) is 6.04 Å². The summed E-state index contributed by atoms with van der Waals surface area (Å²) in [6.45, 7) is 8.12. The second-order valence-electron chi connectivity index (χ2n) is 6.81. The number of thiazole rings is 1. The molecule has 1 heterocycles. The summed E-state index contributed by atoms with van der Waals surface area (Å²) in [5.74, 6) is 0.363. The Bertz CT molecular complexity index is 737. The van der Waals surface area contributed by atoms with E-state index in [-0.39, 0.29) is 30.6 Å². The van der Waals surface area contributed by atoms with E-state index in [9.17, 15) is 9.59 Å². The molecule has 1 aromatic heterocycles. The van der Waals surface area contributed by atoms with Gasteiger partial charge < -0.3 is 5.32 Å². The van der Waals surface area contributed by atoms with E-state index in [2.05, 4.69) is 24.1 Å². The van der Waals surface area contributed by atoms with Crippen LogP contribution in [0.3, 0.4) is 0 Å². The summed E-state index contributed by atoms with van der Waals surface area (Å²) in [5, 5.41) is 5.99. The van der Waals surface area contributed by atoms with E-state index < -0.39 is 0 Å².